The number of ketones is 2. The lowest BCUT2D eigenvalue weighted by atomic mass is 9.97. The van der Waals surface area contributed by atoms with Gasteiger partial charge in [0.25, 0.3) is 22.9 Å². The first-order valence-electron chi connectivity index (χ1n) is 25.7. The zero-order valence-electron chi connectivity index (χ0n) is 43.9. The molecule has 0 atom stereocenters. The number of hydrogen-bond donors (Lipinski definition) is 6. The maximum absolute atomic E-state index is 14.3. The first-order chi connectivity index (χ1) is 39.5. The quantitative estimate of drug-likeness (QED) is 0.0396. The molecule has 6 heterocycles. The molecule has 82 heavy (non-hydrogen) atoms. The number of nitrogens with one attached hydrogen (secondary N) is 4. The Morgan fingerprint density at radius 1 is 0.512 bits per heavy atom. The van der Waals surface area contributed by atoms with Crippen molar-refractivity contribution >= 4 is 68.2 Å². The fourth-order valence-electron chi connectivity index (χ4n) is 10.2. The third-order valence-electron chi connectivity index (χ3n) is 13.9. The summed E-state index contributed by atoms with van der Waals surface area (Å²) in [5, 5.41) is 24.1. The summed E-state index contributed by atoms with van der Waals surface area (Å²) in [6, 6.07) is 33.5. The number of hydrogen-bond acceptors (Lipinski definition) is 12. The zero-order chi connectivity index (χ0) is 57.9. The summed E-state index contributed by atoms with van der Waals surface area (Å²) in [7, 11) is 0. The fourth-order valence-corrected chi connectivity index (χ4v) is 10.2. The van der Waals surface area contributed by atoms with Gasteiger partial charge in [-0.1, -0.05) is 36.4 Å². The number of pyridine rings is 2. The monoisotopic (exact) mass is 1110 g/mol. The van der Waals surface area contributed by atoms with Crippen molar-refractivity contribution in [3.8, 4) is 34.0 Å². The number of unbranched alkanes of at least 4 members (excludes halogenated alkanes) is 1. The van der Waals surface area contributed by atoms with Crippen LogP contribution in [0.4, 0.5) is 0 Å². The standard InChI is InChI=1S/C60H50N8O14/c1-33-51(55(75)37-17-19-43-41(27-37)57(77)67(29-49(71)72)59(79)63-43)45-15-3-7-23-65(45)53(33)35-11-9-13-39(25-35)81-31-47(69)61-21-5-6-22-62-48(70)32-82-40-14-10-12-36(26-40)54-34(2)52(46-16-4-8-24-66(46)54)56(76)38-18-20-44-42(28-38)58(78)68(30-50(73)74)60(80)64-44/h3-4,7-20,23-28H,5-6,21-22,29-32H2,1-2H3,(H,61,69)(H,62,70)(H,63,79)(H,64,80)(H,71,72)(H,73,74). The molecule has 0 unspecified atom stereocenters. The molecule has 10 aromatic rings. The van der Waals surface area contributed by atoms with Gasteiger partial charge < -0.3 is 49.1 Å². The van der Waals surface area contributed by atoms with Gasteiger partial charge in [0.2, 0.25) is 0 Å². The van der Waals surface area contributed by atoms with E-state index in [0.717, 1.165) is 0 Å². The number of benzene rings is 4. The van der Waals surface area contributed by atoms with Crippen molar-refractivity contribution in [2.45, 2.75) is 39.8 Å². The van der Waals surface area contributed by atoms with Crippen LogP contribution >= 0.6 is 0 Å². The lowest BCUT2D eigenvalue weighted by Crippen LogP contribution is -2.37. The lowest BCUT2D eigenvalue weighted by Gasteiger charge is -2.11. The van der Waals surface area contributed by atoms with Gasteiger partial charge in [0.1, 0.15) is 24.6 Å². The van der Waals surface area contributed by atoms with Gasteiger partial charge in [-0.15, -0.1) is 0 Å². The van der Waals surface area contributed by atoms with Crippen LogP contribution in [0.15, 0.2) is 153 Å². The molecule has 0 aliphatic carbocycles. The molecule has 6 aromatic heterocycles. The van der Waals surface area contributed by atoms with Crippen molar-refractivity contribution in [3.63, 3.8) is 0 Å². The first kappa shape index (κ1) is 54.5. The van der Waals surface area contributed by atoms with Crippen molar-refractivity contribution in [1.29, 1.82) is 0 Å². The molecule has 22 heteroatoms. The van der Waals surface area contributed by atoms with Crippen LogP contribution in [0.3, 0.4) is 0 Å². The number of aromatic amines is 2. The number of aromatic nitrogens is 6. The van der Waals surface area contributed by atoms with Gasteiger partial charge >= 0.3 is 23.3 Å². The summed E-state index contributed by atoms with van der Waals surface area (Å²) in [4.78, 5) is 133. The summed E-state index contributed by atoms with van der Waals surface area (Å²) in [5.41, 5.74) is 3.05. The van der Waals surface area contributed by atoms with Crippen LogP contribution < -0.4 is 42.6 Å². The number of amides is 2. The molecule has 414 valence electrons. The predicted molar refractivity (Wildman–Crippen MR) is 301 cm³/mol. The summed E-state index contributed by atoms with van der Waals surface area (Å²) in [5.74, 6) is -3.48. The molecule has 0 fully saturated rings. The molecule has 10 rings (SSSR count). The van der Waals surface area contributed by atoms with Crippen LogP contribution in [0.2, 0.25) is 0 Å². The van der Waals surface area contributed by atoms with Gasteiger partial charge in [-0.25, -0.2) is 18.7 Å². The van der Waals surface area contributed by atoms with Crippen molar-refractivity contribution in [2.75, 3.05) is 26.3 Å². The topological polar surface area (TPSA) is 304 Å². The van der Waals surface area contributed by atoms with Crippen LogP contribution in [0, 0.1) is 13.8 Å². The van der Waals surface area contributed by atoms with E-state index in [1.54, 1.807) is 74.5 Å². The second-order valence-electron chi connectivity index (χ2n) is 19.3. The number of rotatable bonds is 21. The van der Waals surface area contributed by atoms with E-state index in [9.17, 15) is 58.2 Å². The Kier molecular flexibility index (Phi) is 15.2. The van der Waals surface area contributed by atoms with Gasteiger partial charge in [0.05, 0.1) is 55.4 Å². The molecule has 0 radical (unpaired) electrons. The van der Waals surface area contributed by atoms with Crippen molar-refractivity contribution in [3.05, 3.63) is 209 Å². The van der Waals surface area contributed by atoms with Crippen molar-refractivity contribution in [2.24, 2.45) is 0 Å². The van der Waals surface area contributed by atoms with E-state index in [4.69, 9.17) is 9.47 Å². The number of carbonyl (C=O) groups is 6. The van der Waals surface area contributed by atoms with Crippen LogP contribution in [-0.2, 0) is 32.3 Å². The van der Waals surface area contributed by atoms with Gasteiger partial charge in [-0.05, 0) is 123 Å². The molecule has 0 saturated heterocycles. The lowest BCUT2D eigenvalue weighted by molar-refractivity contribution is -0.138. The molecule has 0 spiro atoms. The molecular weight excluding hydrogens is 1060 g/mol. The normalized spacial score (nSPS) is 11.3. The SMILES string of the molecule is Cc1c(C(=O)c2ccc3[nH]c(=O)n(CC(=O)O)c(=O)c3c2)c2ccccn2c1-c1cccc(OCC(=O)NCCCCNC(=O)COc2cccc(-c3c(C)c(C(=O)c4ccc5[nH]c(=O)n(CC(=O)O)c(=O)c5c4)c4ccccn34)c2)c1. The van der Waals surface area contributed by atoms with Crippen LogP contribution in [0.5, 0.6) is 11.5 Å². The summed E-state index contributed by atoms with van der Waals surface area (Å²) in [6.07, 6.45) is 4.72. The minimum Gasteiger partial charge on any atom is -0.484 e. The number of aliphatic carboxylic acids is 2. The molecule has 6 N–H and O–H groups in total. The highest BCUT2D eigenvalue weighted by molar-refractivity contribution is 6.17. The molecule has 4 aromatic carbocycles. The second kappa shape index (κ2) is 22.8. The van der Waals surface area contributed by atoms with Crippen LogP contribution in [-0.4, -0.2) is 99.7 Å². The second-order valence-corrected chi connectivity index (χ2v) is 19.3. The third kappa shape index (κ3) is 10.8. The number of nitrogens with zero attached hydrogens (tertiary/aromatic N) is 4. The Labute approximate surface area is 462 Å². The van der Waals surface area contributed by atoms with Crippen LogP contribution in [0.1, 0.15) is 55.8 Å². The Bertz CT molecular complexity index is 4250. The fraction of sp³-hybridized carbons (Fsp3) is 0.167. The van der Waals surface area contributed by atoms with E-state index in [2.05, 4.69) is 20.6 Å². The molecule has 0 aliphatic heterocycles. The minimum atomic E-state index is -1.37. The van der Waals surface area contributed by atoms with Gasteiger partial charge in [0.15, 0.2) is 24.8 Å². The Balaban J connectivity index is 0.714. The third-order valence-corrected chi connectivity index (χ3v) is 13.9. The van der Waals surface area contributed by atoms with Gasteiger partial charge in [-0.2, -0.15) is 0 Å². The highest BCUT2D eigenvalue weighted by atomic mass is 16.5. The maximum Gasteiger partial charge on any atom is 0.329 e. The van der Waals surface area contributed by atoms with E-state index < -0.39 is 59.1 Å². The molecular formula is C60H50N8O14. The molecule has 2 amide bonds. The minimum absolute atomic E-state index is 0.0198. The number of carboxylic acids is 2. The molecule has 22 nitrogen and oxygen atoms in total. The first-order valence-corrected chi connectivity index (χ1v) is 25.7. The number of fused-ring (bicyclic) bond motifs is 4. The highest BCUT2D eigenvalue weighted by Gasteiger charge is 2.26. The summed E-state index contributed by atoms with van der Waals surface area (Å²) < 4.78 is 16.6. The van der Waals surface area contributed by atoms with E-state index in [1.165, 1.54) is 36.4 Å². The summed E-state index contributed by atoms with van der Waals surface area (Å²) in [6.45, 7) is 1.98. The number of H-pyrrole nitrogens is 2. The molecule has 0 aliphatic rings. The Morgan fingerprint density at radius 2 is 0.927 bits per heavy atom. The van der Waals surface area contributed by atoms with Crippen molar-refractivity contribution in [1.82, 2.24) is 38.5 Å². The average Bonchev–Trinajstić information content (AvgIpc) is 3.74. The number of ether oxygens (including phenoxy) is 2. The summed E-state index contributed by atoms with van der Waals surface area (Å²) >= 11 is 0. The van der Waals surface area contributed by atoms with Crippen molar-refractivity contribution < 1.29 is 48.5 Å². The van der Waals surface area contributed by atoms with E-state index >= 15 is 0 Å². The predicted octanol–water partition coefficient (Wildman–Crippen LogP) is 5.25. The number of carbonyl (C=O) groups excluding carboxylic acids is 4. The largest absolute Gasteiger partial charge is 0.484 e. The van der Waals surface area contributed by atoms with E-state index in [0.29, 0.717) is 102 Å². The average molecular weight is 1110 g/mol. The van der Waals surface area contributed by atoms with Gasteiger partial charge in [0, 0.05) is 47.7 Å². The smallest absolute Gasteiger partial charge is 0.329 e. The highest BCUT2D eigenvalue weighted by Crippen LogP contribution is 2.36. The Morgan fingerprint density at radius 3 is 1.33 bits per heavy atom. The zero-order valence-corrected chi connectivity index (χ0v) is 43.9. The van der Waals surface area contributed by atoms with E-state index in [-0.39, 0.29) is 58.0 Å². The van der Waals surface area contributed by atoms with Gasteiger partial charge in [-0.3, -0.25) is 38.4 Å². The molecule has 0 bridgehead atoms. The van der Waals surface area contributed by atoms with E-state index in [1.807, 2.05) is 45.5 Å². The van der Waals surface area contributed by atoms with Crippen LogP contribution in [0.25, 0.3) is 55.4 Å². The number of carboxylic acid groups (broad SMARTS) is 2. The molecule has 0 saturated carbocycles. The maximum atomic E-state index is 14.3. The Hall–Kier alpha value is -10.9.